The Balaban J connectivity index is 1.45. The monoisotopic (exact) mass is 622 g/mol. The van der Waals surface area contributed by atoms with E-state index in [2.05, 4.69) is 83.4 Å². The molecule has 41 heavy (non-hydrogen) atoms. The third-order valence-corrected chi connectivity index (χ3v) is 18.9. The smallest absolute Gasteiger partial charge is 0.192 e. The van der Waals surface area contributed by atoms with Gasteiger partial charge in [-0.15, -0.1) is 23.5 Å². The topological polar surface area (TPSA) is 44.8 Å². The first-order valence-electron chi connectivity index (χ1n) is 16.2. The van der Waals surface area contributed by atoms with E-state index in [9.17, 15) is 4.79 Å². The average molecular weight is 623 g/mol. The Morgan fingerprint density at radius 2 is 1.93 bits per heavy atom. The Morgan fingerprint density at radius 3 is 2.61 bits per heavy atom. The largest absolute Gasteiger partial charge is 0.413 e. The summed E-state index contributed by atoms with van der Waals surface area (Å²) >= 11 is 4.37. The number of ketones is 1. The maximum Gasteiger partial charge on any atom is 0.192 e. The van der Waals surface area contributed by atoms with Crippen molar-refractivity contribution in [2.24, 2.45) is 23.2 Å². The van der Waals surface area contributed by atoms with Gasteiger partial charge in [-0.25, -0.2) is 0 Å². The van der Waals surface area contributed by atoms with Gasteiger partial charge in [-0.05, 0) is 112 Å². The van der Waals surface area contributed by atoms with E-state index < -0.39 is 8.32 Å². The van der Waals surface area contributed by atoms with Gasteiger partial charge in [0, 0.05) is 18.9 Å². The molecule has 0 N–H and O–H groups in total. The summed E-state index contributed by atoms with van der Waals surface area (Å²) in [6, 6.07) is 0. The van der Waals surface area contributed by atoms with E-state index in [1.54, 1.807) is 12.7 Å². The number of allylic oxidation sites excluding steroid dienone is 3. The van der Waals surface area contributed by atoms with E-state index in [1.807, 2.05) is 0 Å². The van der Waals surface area contributed by atoms with Gasteiger partial charge in [0.1, 0.15) is 12.6 Å². The van der Waals surface area contributed by atoms with Gasteiger partial charge < -0.3 is 13.9 Å². The van der Waals surface area contributed by atoms with Gasteiger partial charge in [-0.1, -0.05) is 51.0 Å². The van der Waals surface area contributed by atoms with Crippen molar-refractivity contribution in [2.75, 3.05) is 32.0 Å². The van der Waals surface area contributed by atoms with Gasteiger partial charge in [-0.3, -0.25) is 4.79 Å². The highest BCUT2D eigenvalue weighted by Gasteiger charge is 2.68. The van der Waals surface area contributed by atoms with Gasteiger partial charge in [-0.2, -0.15) is 0 Å². The lowest BCUT2D eigenvalue weighted by Gasteiger charge is -2.42. The highest BCUT2D eigenvalue weighted by Crippen LogP contribution is 2.69. The fraction of sp³-hybridized carbons (Fsp3) is 0.853. The number of carbonyl (C=O) groups is 1. The van der Waals surface area contributed by atoms with E-state index in [0.717, 1.165) is 38.5 Å². The molecule has 0 amide bonds. The van der Waals surface area contributed by atoms with Crippen LogP contribution in [0.3, 0.4) is 0 Å². The van der Waals surface area contributed by atoms with E-state index in [0.29, 0.717) is 25.1 Å². The lowest BCUT2D eigenvalue weighted by molar-refractivity contribution is -0.128. The number of fused-ring (bicyclic) bond motifs is 1. The molecule has 0 aromatic heterocycles. The first-order chi connectivity index (χ1) is 19.3. The van der Waals surface area contributed by atoms with Gasteiger partial charge in [0.25, 0.3) is 0 Å². The van der Waals surface area contributed by atoms with Crippen LogP contribution in [0, 0.1) is 23.2 Å². The Hall–Kier alpha value is -0.0531. The number of methoxy groups -OCH3 is 1. The molecule has 7 heteroatoms. The lowest BCUT2D eigenvalue weighted by atomic mass is 9.81. The highest BCUT2D eigenvalue weighted by atomic mass is 32.2. The van der Waals surface area contributed by atoms with Gasteiger partial charge >= 0.3 is 0 Å². The molecule has 3 aliphatic carbocycles. The molecule has 0 radical (unpaired) electrons. The van der Waals surface area contributed by atoms with Crippen LogP contribution in [-0.4, -0.2) is 56.3 Å². The number of hydrogen-bond acceptors (Lipinski definition) is 6. The minimum atomic E-state index is -2.02. The molecule has 0 aromatic carbocycles. The molecule has 4 rings (SSSR count). The summed E-state index contributed by atoms with van der Waals surface area (Å²) in [5.41, 5.74) is 3.10. The van der Waals surface area contributed by atoms with Crippen molar-refractivity contribution in [3.8, 4) is 0 Å². The Kier molecular flexibility index (Phi) is 11.5. The molecule has 3 fully saturated rings. The van der Waals surface area contributed by atoms with Gasteiger partial charge in [0.15, 0.2) is 8.32 Å². The fourth-order valence-electron chi connectivity index (χ4n) is 7.40. The molecule has 1 aliphatic heterocycles. The molecule has 0 aromatic rings. The Bertz CT molecular complexity index is 964. The lowest BCUT2D eigenvalue weighted by Crippen LogP contribution is -2.47. The zero-order valence-electron chi connectivity index (χ0n) is 27.3. The average Bonchev–Trinajstić information content (AvgIpc) is 3.58. The normalized spacial score (nSPS) is 30.8. The molecule has 0 bridgehead atoms. The SMILES string of the molecule is COCOC/C(C)=C/CCC1(CCC[C@@H](O[Si](C)(C)C(C)(C)C)[C@@H]2CCC3=CCC[C@]4(C)[C@H](C2=O)[C@H]34)SCCCS1. The van der Waals surface area contributed by atoms with Crippen LogP contribution in [0.25, 0.3) is 0 Å². The highest BCUT2D eigenvalue weighted by molar-refractivity contribution is 8.18. The van der Waals surface area contributed by atoms with Gasteiger partial charge in [0.2, 0.25) is 0 Å². The molecule has 0 unspecified atom stereocenters. The molecular weight excluding hydrogens is 565 g/mol. The van der Waals surface area contributed by atoms with Crippen LogP contribution in [0.15, 0.2) is 23.3 Å². The number of ether oxygens (including phenoxy) is 2. The van der Waals surface area contributed by atoms with Crippen LogP contribution >= 0.6 is 23.5 Å². The number of Topliss-reactive ketones (excluding diaryl/α,β-unsaturated/α-hetero) is 1. The van der Waals surface area contributed by atoms with Crippen molar-refractivity contribution in [3.05, 3.63) is 23.3 Å². The molecule has 1 saturated heterocycles. The standard InChI is InChI=1S/C34H58O4S2Si/c1-25(23-37-24-36-6)13-9-19-34(39-21-12-22-40-34)20-11-15-28(38-41(7,8)32(2,3)4)27-17-16-26-14-10-18-33(5)29(26)30(33)31(27)35/h13-14,27-30H,9-12,15-24H2,1-8H3/b25-13+/t27-,28+,29-,30-,33-/m0/s1. The second kappa shape index (κ2) is 13.9. The van der Waals surface area contributed by atoms with Crippen LogP contribution in [-0.2, 0) is 18.7 Å². The van der Waals surface area contributed by atoms with Crippen LogP contribution < -0.4 is 0 Å². The minimum absolute atomic E-state index is 0.0581. The van der Waals surface area contributed by atoms with Crippen LogP contribution in [0.5, 0.6) is 0 Å². The van der Waals surface area contributed by atoms with Crippen molar-refractivity contribution >= 4 is 37.6 Å². The molecule has 4 aliphatic rings. The molecule has 0 spiro atoms. The summed E-state index contributed by atoms with van der Waals surface area (Å²) < 4.78 is 18.1. The summed E-state index contributed by atoms with van der Waals surface area (Å²) in [5, 5.41) is 0.139. The second-order valence-corrected chi connectivity index (χ2v) is 22.9. The summed E-state index contributed by atoms with van der Waals surface area (Å²) in [6.07, 6.45) is 16.3. The Morgan fingerprint density at radius 1 is 1.20 bits per heavy atom. The van der Waals surface area contributed by atoms with Crippen LogP contribution in [0.4, 0.5) is 0 Å². The maximum absolute atomic E-state index is 14.2. The predicted molar refractivity (Wildman–Crippen MR) is 179 cm³/mol. The predicted octanol–water partition coefficient (Wildman–Crippen LogP) is 9.41. The minimum Gasteiger partial charge on any atom is -0.413 e. The van der Waals surface area contributed by atoms with Crippen molar-refractivity contribution in [1.29, 1.82) is 0 Å². The third kappa shape index (κ3) is 7.97. The zero-order chi connectivity index (χ0) is 29.9. The number of hydrogen-bond donors (Lipinski definition) is 0. The maximum atomic E-state index is 14.2. The Labute approximate surface area is 261 Å². The van der Waals surface area contributed by atoms with Crippen molar-refractivity contribution in [1.82, 2.24) is 0 Å². The summed E-state index contributed by atoms with van der Waals surface area (Å²) in [5.74, 6) is 3.88. The number of carbonyl (C=O) groups excluding carboxylic acids is 1. The summed E-state index contributed by atoms with van der Waals surface area (Å²) in [7, 11) is -0.349. The molecule has 2 saturated carbocycles. The number of thioether (sulfide) groups is 2. The molecular formula is C34H58O4S2Si. The van der Waals surface area contributed by atoms with E-state index >= 15 is 0 Å². The van der Waals surface area contributed by atoms with Crippen molar-refractivity contribution in [3.63, 3.8) is 0 Å². The van der Waals surface area contributed by atoms with Crippen molar-refractivity contribution in [2.45, 2.75) is 127 Å². The van der Waals surface area contributed by atoms with Crippen LogP contribution in [0.1, 0.15) is 98.8 Å². The molecule has 234 valence electrons. The number of rotatable bonds is 14. The first-order valence-corrected chi connectivity index (χ1v) is 21.1. The van der Waals surface area contributed by atoms with E-state index in [4.69, 9.17) is 13.9 Å². The first kappa shape index (κ1) is 33.8. The molecule has 4 nitrogen and oxygen atoms in total. The van der Waals surface area contributed by atoms with Crippen LogP contribution in [0.2, 0.25) is 18.1 Å². The summed E-state index contributed by atoms with van der Waals surface area (Å²) in [4.78, 5) is 14.2. The molecule has 5 atom stereocenters. The van der Waals surface area contributed by atoms with Gasteiger partial charge in [0.05, 0.1) is 16.8 Å². The van der Waals surface area contributed by atoms with E-state index in [1.165, 1.54) is 42.8 Å². The quantitative estimate of drug-likeness (QED) is 0.0832. The second-order valence-electron chi connectivity index (χ2n) is 14.9. The van der Waals surface area contributed by atoms with Crippen molar-refractivity contribution < 1.29 is 18.7 Å². The van der Waals surface area contributed by atoms with E-state index in [-0.39, 0.29) is 32.5 Å². The molecule has 1 heterocycles. The summed E-state index contributed by atoms with van der Waals surface area (Å²) in [6.45, 7) is 17.3. The third-order valence-electron chi connectivity index (χ3n) is 10.9. The fourth-order valence-corrected chi connectivity index (χ4v) is 12.2. The zero-order valence-corrected chi connectivity index (χ0v) is 29.9.